The third-order valence-corrected chi connectivity index (χ3v) is 4.56. The Morgan fingerprint density at radius 3 is 2.50 bits per heavy atom. The lowest BCUT2D eigenvalue weighted by Crippen LogP contribution is -1.88. The van der Waals surface area contributed by atoms with Crippen LogP contribution in [0, 0.1) is 13.8 Å². The van der Waals surface area contributed by atoms with E-state index in [1.54, 1.807) is 11.3 Å². The summed E-state index contributed by atoms with van der Waals surface area (Å²) >= 11 is 5.01. The lowest BCUT2D eigenvalue weighted by Gasteiger charge is -2.02. The Morgan fingerprint density at radius 2 is 1.90 bits per heavy atom. The summed E-state index contributed by atoms with van der Waals surface area (Å²) in [5, 5.41) is 4.91. The van der Waals surface area contributed by atoms with E-state index in [-0.39, 0.29) is 0 Å². The molecule has 0 saturated heterocycles. The van der Waals surface area contributed by atoms with E-state index in [1.807, 2.05) is 38.1 Å². The maximum Gasteiger partial charge on any atom is 0.188 e. The maximum absolute atomic E-state index is 5.97. The SMILES string of the molecule is Cc1nc(C)c(-c2onc(N)c2-c2ccc(Br)cc2)s1. The van der Waals surface area contributed by atoms with Crippen LogP contribution >= 0.6 is 27.3 Å². The van der Waals surface area contributed by atoms with Gasteiger partial charge in [0.2, 0.25) is 0 Å². The highest BCUT2D eigenvalue weighted by atomic mass is 79.9. The number of nitrogens with two attached hydrogens (primary N) is 1. The Balaban J connectivity index is 2.19. The fourth-order valence-corrected chi connectivity index (χ4v) is 3.26. The molecule has 0 aliphatic heterocycles. The van der Waals surface area contributed by atoms with Crippen molar-refractivity contribution < 1.29 is 4.52 Å². The number of anilines is 1. The second-order valence-electron chi connectivity index (χ2n) is 4.43. The van der Waals surface area contributed by atoms with Crippen LogP contribution in [0.15, 0.2) is 33.3 Å². The Morgan fingerprint density at radius 1 is 1.20 bits per heavy atom. The third-order valence-electron chi connectivity index (χ3n) is 2.96. The van der Waals surface area contributed by atoms with Gasteiger partial charge in [0.1, 0.15) is 0 Å². The number of nitrogens with zero attached hydrogens (tertiary/aromatic N) is 2. The average Bonchev–Trinajstić information content (AvgIpc) is 2.93. The zero-order valence-electron chi connectivity index (χ0n) is 11.0. The van der Waals surface area contributed by atoms with Crippen molar-refractivity contribution in [1.82, 2.24) is 10.1 Å². The van der Waals surface area contributed by atoms with E-state index >= 15 is 0 Å². The molecule has 2 heterocycles. The highest BCUT2D eigenvalue weighted by Gasteiger charge is 2.21. The van der Waals surface area contributed by atoms with Gasteiger partial charge < -0.3 is 10.3 Å². The maximum atomic E-state index is 5.97. The first-order valence-electron chi connectivity index (χ1n) is 6.01. The Bertz CT molecular complexity index is 761. The molecular formula is C14H12BrN3OS. The van der Waals surface area contributed by atoms with Crippen LogP contribution < -0.4 is 5.73 Å². The van der Waals surface area contributed by atoms with E-state index in [0.717, 1.165) is 31.2 Å². The van der Waals surface area contributed by atoms with Gasteiger partial charge in [-0.25, -0.2) is 4.98 Å². The van der Waals surface area contributed by atoms with E-state index in [2.05, 4.69) is 26.1 Å². The molecule has 102 valence electrons. The summed E-state index contributed by atoms with van der Waals surface area (Å²) in [7, 11) is 0. The molecular weight excluding hydrogens is 338 g/mol. The second-order valence-corrected chi connectivity index (χ2v) is 6.55. The monoisotopic (exact) mass is 349 g/mol. The van der Waals surface area contributed by atoms with Gasteiger partial charge in [-0.3, -0.25) is 0 Å². The number of benzene rings is 1. The lowest BCUT2D eigenvalue weighted by molar-refractivity contribution is 0.436. The highest BCUT2D eigenvalue weighted by Crippen LogP contribution is 2.40. The molecule has 2 aromatic heterocycles. The quantitative estimate of drug-likeness (QED) is 0.743. The molecule has 20 heavy (non-hydrogen) atoms. The van der Waals surface area contributed by atoms with E-state index in [4.69, 9.17) is 10.3 Å². The van der Waals surface area contributed by atoms with Crippen LogP contribution in [0.3, 0.4) is 0 Å². The van der Waals surface area contributed by atoms with Gasteiger partial charge >= 0.3 is 0 Å². The van der Waals surface area contributed by atoms with Crippen LogP contribution in [-0.2, 0) is 0 Å². The largest absolute Gasteiger partial charge is 0.380 e. The number of hydrogen-bond donors (Lipinski definition) is 1. The minimum absolute atomic E-state index is 0.396. The Hall–Kier alpha value is -1.66. The molecule has 0 atom stereocenters. The van der Waals surface area contributed by atoms with E-state index in [9.17, 15) is 0 Å². The van der Waals surface area contributed by atoms with Crippen molar-refractivity contribution in [3.05, 3.63) is 39.4 Å². The molecule has 6 heteroatoms. The van der Waals surface area contributed by atoms with Gasteiger partial charge in [-0.05, 0) is 31.5 Å². The van der Waals surface area contributed by atoms with Crippen LogP contribution in [-0.4, -0.2) is 10.1 Å². The molecule has 2 N–H and O–H groups in total. The van der Waals surface area contributed by atoms with E-state index < -0.39 is 0 Å². The lowest BCUT2D eigenvalue weighted by atomic mass is 10.0. The number of nitrogen functional groups attached to an aromatic ring is 1. The second kappa shape index (κ2) is 5.03. The summed E-state index contributed by atoms with van der Waals surface area (Å²) in [6.45, 7) is 3.93. The smallest absolute Gasteiger partial charge is 0.188 e. The van der Waals surface area contributed by atoms with Crippen LogP contribution in [0.4, 0.5) is 5.82 Å². The molecule has 0 bridgehead atoms. The minimum Gasteiger partial charge on any atom is -0.380 e. The van der Waals surface area contributed by atoms with Crippen LogP contribution in [0.5, 0.6) is 0 Å². The first-order chi connectivity index (χ1) is 9.56. The summed E-state index contributed by atoms with van der Waals surface area (Å²) in [5.74, 6) is 1.08. The number of hydrogen-bond acceptors (Lipinski definition) is 5. The molecule has 3 aromatic rings. The standard InChI is InChI=1S/C14H12BrN3OS/c1-7-13(20-8(2)17-7)12-11(14(16)18-19-12)9-3-5-10(15)6-4-9/h3-6H,1-2H3,(H2,16,18). The van der Waals surface area contributed by atoms with E-state index in [0.29, 0.717) is 11.6 Å². The predicted octanol–water partition coefficient (Wildman–Crippen LogP) is 4.43. The van der Waals surface area contributed by atoms with Gasteiger partial charge in [-0.15, -0.1) is 11.3 Å². The number of thiazole rings is 1. The summed E-state index contributed by atoms with van der Waals surface area (Å²) in [6, 6.07) is 7.91. The molecule has 0 unspecified atom stereocenters. The molecule has 0 fully saturated rings. The number of aryl methyl sites for hydroxylation is 2. The van der Waals surface area contributed by atoms with Gasteiger partial charge in [0.25, 0.3) is 0 Å². The third kappa shape index (κ3) is 2.25. The molecule has 0 amide bonds. The zero-order valence-corrected chi connectivity index (χ0v) is 13.4. The first-order valence-corrected chi connectivity index (χ1v) is 7.62. The van der Waals surface area contributed by atoms with Gasteiger partial charge in [-0.1, -0.05) is 33.2 Å². The van der Waals surface area contributed by atoms with Crippen molar-refractivity contribution in [2.24, 2.45) is 0 Å². The number of rotatable bonds is 2. The van der Waals surface area contributed by atoms with Gasteiger partial charge in [0.15, 0.2) is 11.6 Å². The predicted molar refractivity (Wildman–Crippen MR) is 84.6 cm³/mol. The topological polar surface area (TPSA) is 64.9 Å². The van der Waals surface area contributed by atoms with Crippen molar-refractivity contribution in [3.8, 4) is 21.8 Å². The summed E-state index contributed by atoms with van der Waals surface area (Å²) < 4.78 is 6.46. The Labute approximate surface area is 128 Å². The van der Waals surface area contributed by atoms with Crippen molar-refractivity contribution in [2.45, 2.75) is 13.8 Å². The molecule has 1 aromatic carbocycles. The average molecular weight is 350 g/mol. The molecule has 0 spiro atoms. The highest BCUT2D eigenvalue weighted by molar-refractivity contribution is 9.10. The van der Waals surface area contributed by atoms with Gasteiger partial charge in [0, 0.05) is 4.47 Å². The van der Waals surface area contributed by atoms with Crippen molar-refractivity contribution >= 4 is 33.1 Å². The summed E-state index contributed by atoms with van der Waals surface area (Å²) in [4.78, 5) is 5.40. The van der Waals surface area contributed by atoms with Crippen LogP contribution in [0.1, 0.15) is 10.7 Å². The van der Waals surface area contributed by atoms with E-state index in [1.165, 1.54) is 0 Å². The molecule has 3 rings (SSSR count). The number of aromatic nitrogens is 2. The fraction of sp³-hybridized carbons (Fsp3) is 0.143. The van der Waals surface area contributed by atoms with Gasteiger partial charge in [0.05, 0.1) is 21.1 Å². The van der Waals surface area contributed by atoms with Crippen molar-refractivity contribution in [3.63, 3.8) is 0 Å². The molecule has 0 aliphatic rings. The Kier molecular flexibility index (Phi) is 3.35. The summed E-state index contributed by atoms with van der Waals surface area (Å²) in [5.41, 5.74) is 8.71. The summed E-state index contributed by atoms with van der Waals surface area (Å²) in [6.07, 6.45) is 0. The zero-order chi connectivity index (χ0) is 14.3. The van der Waals surface area contributed by atoms with Crippen molar-refractivity contribution in [2.75, 3.05) is 5.73 Å². The van der Waals surface area contributed by atoms with Crippen LogP contribution in [0.25, 0.3) is 21.8 Å². The molecule has 0 radical (unpaired) electrons. The molecule has 0 aliphatic carbocycles. The van der Waals surface area contributed by atoms with Crippen molar-refractivity contribution in [1.29, 1.82) is 0 Å². The normalized spacial score (nSPS) is 10.9. The van der Waals surface area contributed by atoms with Crippen LogP contribution in [0.2, 0.25) is 0 Å². The minimum atomic E-state index is 0.396. The molecule has 0 saturated carbocycles. The first kappa shape index (κ1) is 13.3. The number of halogens is 1. The van der Waals surface area contributed by atoms with Gasteiger partial charge in [-0.2, -0.15) is 0 Å². The molecule has 4 nitrogen and oxygen atoms in total. The fourth-order valence-electron chi connectivity index (χ4n) is 2.09.